The normalized spacial score (nSPS) is 14.6. The number of anilines is 1. The molecule has 2 heterocycles. The summed E-state index contributed by atoms with van der Waals surface area (Å²) < 4.78 is 7.36. The maximum atomic E-state index is 12.1. The minimum Gasteiger partial charge on any atom is -0.395 e. The Kier molecular flexibility index (Phi) is 8.16. The van der Waals surface area contributed by atoms with Gasteiger partial charge >= 0.3 is 0 Å². The van der Waals surface area contributed by atoms with E-state index in [0.29, 0.717) is 0 Å². The van der Waals surface area contributed by atoms with Gasteiger partial charge in [0.25, 0.3) is 5.91 Å². The number of nitrogens with one attached hydrogen (secondary N) is 2. The molecule has 35 heavy (non-hydrogen) atoms. The van der Waals surface area contributed by atoms with E-state index in [4.69, 9.17) is 9.84 Å². The van der Waals surface area contributed by atoms with E-state index >= 15 is 0 Å². The van der Waals surface area contributed by atoms with Gasteiger partial charge in [-0.25, -0.2) is 0 Å². The van der Waals surface area contributed by atoms with Gasteiger partial charge in [-0.1, -0.05) is 18.2 Å². The summed E-state index contributed by atoms with van der Waals surface area (Å²) in [6.45, 7) is 5.45. The van der Waals surface area contributed by atoms with Gasteiger partial charge in [-0.15, -0.1) is 0 Å². The Morgan fingerprint density at radius 2 is 1.89 bits per heavy atom. The number of aromatic nitrogens is 1. The van der Waals surface area contributed by atoms with Crippen molar-refractivity contribution in [3.05, 3.63) is 59.8 Å². The van der Waals surface area contributed by atoms with Gasteiger partial charge in [0.05, 0.1) is 19.8 Å². The van der Waals surface area contributed by atoms with Crippen LogP contribution in [-0.4, -0.2) is 73.0 Å². The fourth-order valence-electron chi connectivity index (χ4n) is 4.22. The maximum absolute atomic E-state index is 12.1. The summed E-state index contributed by atoms with van der Waals surface area (Å²) in [6.07, 6.45) is 1.56. The summed E-state index contributed by atoms with van der Waals surface area (Å²) in [7, 11) is 1.91. The zero-order valence-electron chi connectivity index (χ0n) is 20.0. The third-order valence-corrected chi connectivity index (χ3v) is 6.21. The first-order chi connectivity index (χ1) is 17.1. The Morgan fingerprint density at radius 3 is 2.66 bits per heavy atom. The van der Waals surface area contributed by atoms with E-state index in [1.165, 1.54) is 0 Å². The van der Waals surface area contributed by atoms with Gasteiger partial charge in [0.2, 0.25) is 0 Å². The first kappa shape index (κ1) is 24.5. The van der Waals surface area contributed by atoms with E-state index in [9.17, 15) is 10.1 Å². The minimum atomic E-state index is -0.496. The highest BCUT2D eigenvalue weighted by Gasteiger charge is 2.12. The fourth-order valence-corrected chi connectivity index (χ4v) is 4.22. The van der Waals surface area contributed by atoms with E-state index in [0.717, 1.165) is 72.8 Å². The predicted octanol–water partition coefficient (Wildman–Crippen LogP) is 2.60. The topological polar surface area (TPSA) is 103 Å². The molecule has 4 rings (SSSR count). The van der Waals surface area contributed by atoms with Crippen molar-refractivity contribution in [1.82, 2.24) is 14.8 Å². The molecule has 1 saturated heterocycles. The van der Waals surface area contributed by atoms with Crippen LogP contribution in [0.25, 0.3) is 28.1 Å². The van der Waals surface area contributed by atoms with Crippen molar-refractivity contribution in [2.75, 3.05) is 57.9 Å². The largest absolute Gasteiger partial charge is 0.395 e. The number of carbonyl (C=O) groups excluding carboxylic acids is 1. The number of benzene rings is 2. The Hall–Kier alpha value is -3.64. The smallest absolute Gasteiger partial charge is 0.262 e. The number of hydrogen-bond donors (Lipinski definition) is 3. The Balaban J connectivity index is 1.47. The number of morpholine rings is 1. The quantitative estimate of drug-likeness (QED) is 0.326. The molecule has 3 N–H and O–H groups in total. The van der Waals surface area contributed by atoms with Crippen LogP contribution in [0.2, 0.25) is 0 Å². The zero-order chi connectivity index (χ0) is 24.6. The lowest BCUT2D eigenvalue weighted by atomic mass is 10.0. The minimum absolute atomic E-state index is 0.00152. The highest BCUT2D eigenvalue weighted by molar-refractivity contribution is 6.01. The number of nitriles is 1. The van der Waals surface area contributed by atoms with Gasteiger partial charge < -0.3 is 25.0 Å². The number of hydrogen-bond acceptors (Lipinski definition) is 6. The number of aliphatic hydroxyl groups excluding tert-OH is 1. The molecule has 0 radical (unpaired) electrons. The van der Waals surface area contributed by atoms with Gasteiger partial charge in [-0.2, -0.15) is 5.26 Å². The number of nitrogens with zero attached hydrogens (tertiary/aromatic N) is 3. The molecule has 0 unspecified atom stereocenters. The van der Waals surface area contributed by atoms with Crippen LogP contribution in [0.1, 0.15) is 5.69 Å². The number of fused-ring (bicyclic) bond motifs is 1. The summed E-state index contributed by atoms with van der Waals surface area (Å²) in [5.41, 5.74) is 3.89. The molecular weight excluding hydrogens is 442 g/mol. The van der Waals surface area contributed by atoms with Crippen LogP contribution in [-0.2, 0) is 16.6 Å². The third-order valence-electron chi connectivity index (χ3n) is 6.21. The van der Waals surface area contributed by atoms with Gasteiger partial charge in [0, 0.05) is 56.8 Å². The lowest BCUT2D eigenvalue weighted by Crippen LogP contribution is -2.38. The van der Waals surface area contributed by atoms with Crippen molar-refractivity contribution in [3.8, 4) is 17.3 Å². The number of amides is 1. The molecule has 0 saturated carbocycles. The molecule has 0 atom stereocenters. The molecule has 1 aliphatic rings. The highest BCUT2D eigenvalue weighted by atomic mass is 16.5. The number of rotatable bonds is 9. The molecule has 1 amide bonds. The Labute approximate surface area is 205 Å². The molecule has 1 aromatic heterocycles. The lowest BCUT2D eigenvalue weighted by Gasteiger charge is -2.26. The van der Waals surface area contributed by atoms with E-state index < -0.39 is 5.91 Å². The molecule has 0 aliphatic carbocycles. The van der Waals surface area contributed by atoms with Crippen molar-refractivity contribution in [3.63, 3.8) is 0 Å². The number of ether oxygens (including phenoxy) is 1. The van der Waals surface area contributed by atoms with Crippen LogP contribution in [0.4, 0.5) is 5.69 Å². The second-order valence-corrected chi connectivity index (χ2v) is 8.51. The second kappa shape index (κ2) is 11.7. The molecule has 3 aromatic rings. The van der Waals surface area contributed by atoms with E-state index in [2.05, 4.69) is 51.9 Å². The molecule has 8 nitrogen and oxygen atoms in total. The van der Waals surface area contributed by atoms with Crippen molar-refractivity contribution in [2.24, 2.45) is 7.05 Å². The van der Waals surface area contributed by atoms with E-state index in [-0.39, 0.29) is 18.7 Å². The van der Waals surface area contributed by atoms with E-state index in [1.54, 1.807) is 6.08 Å². The average molecular weight is 474 g/mol. The maximum Gasteiger partial charge on any atom is 0.262 e. The standard InChI is InChI=1S/C27H31N5O3/c1-31-25(18-23(19-28)27(34)30-9-13-33)6-7-26(31)22-3-2-21-17-24(5-4-20(21)16-22)29-8-10-32-11-14-35-15-12-32/h2-7,16-18,29,33H,8-15H2,1H3,(H,30,34)/b23-18+. The van der Waals surface area contributed by atoms with Crippen molar-refractivity contribution in [2.45, 2.75) is 0 Å². The van der Waals surface area contributed by atoms with Gasteiger partial charge in [-0.3, -0.25) is 9.69 Å². The summed E-state index contributed by atoms with van der Waals surface area (Å²) >= 11 is 0. The predicted molar refractivity (Wildman–Crippen MR) is 138 cm³/mol. The van der Waals surface area contributed by atoms with Crippen LogP contribution in [0.3, 0.4) is 0 Å². The van der Waals surface area contributed by atoms with Crippen LogP contribution in [0.15, 0.2) is 54.1 Å². The van der Waals surface area contributed by atoms with Crippen LogP contribution >= 0.6 is 0 Å². The monoisotopic (exact) mass is 473 g/mol. The first-order valence-electron chi connectivity index (χ1n) is 11.8. The Morgan fingerprint density at radius 1 is 1.11 bits per heavy atom. The molecule has 8 heteroatoms. The SMILES string of the molecule is Cn1c(/C=C(\C#N)C(=O)NCCO)ccc1-c1ccc2cc(NCCN3CCOCC3)ccc2c1. The van der Waals surface area contributed by atoms with Crippen molar-refractivity contribution < 1.29 is 14.6 Å². The first-order valence-corrected chi connectivity index (χ1v) is 11.8. The summed E-state index contributed by atoms with van der Waals surface area (Å²) in [4.78, 5) is 14.5. The molecule has 1 aliphatic heterocycles. The fraction of sp³-hybridized carbons (Fsp3) is 0.333. The van der Waals surface area contributed by atoms with Crippen molar-refractivity contribution >= 4 is 28.4 Å². The van der Waals surface area contributed by atoms with E-state index in [1.807, 2.05) is 29.8 Å². The molecule has 182 valence electrons. The summed E-state index contributed by atoms with van der Waals surface area (Å²) in [6, 6.07) is 18.6. The molecule has 0 spiro atoms. The third kappa shape index (κ3) is 6.08. The molecule has 2 aromatic carbocycles. The number of carbonyl (C=O) groups is 1. The van der Waals surface area contributed by atoms with Crippen LogP contribution in [0, 0.1) is 11.3 Å². The summed E-state index contributed by atoms with van der Waals surface area (Å²) in [5, 5.41) is 26.6. The van der Waals surface area contributed by atoms with Crippen LogP contribution in [0.5, 0.6) is 0 Å². The summed E-state index contributed by atoms with van der Waals surface area (Å²) in [5.74, 6) is -0.496. The van der Waals surface area contributed by atoms with Gasteiger partial charge in [0.15, 0.2) is 0 Å². The number of aliphatic hydroxyl groups is 1. The van der Waals surface area contributed by atoms with Gasteiger partial charge in [-0.05, 0) is 52.7 Å². The molecular formula is C27H31N5O3. The molecule has 1 fully saturated rings. The second-order valence-electron chi connectivity index (χ2n) is 8.51. The zero-order valence-corrected chi connectivity index (χ0v) is 20.0. The lowest BCUT2D eigenvalue weighted by molar-refractivity contribution is -0.117. The highest BCUT2D eigenvalue weighted by Crippen LogP contribution is 2.28. The Bertz CT molecular complexity index is 1250. The van der Waals surface area contributed by atoms with Crippen molar-refractivity contribution in [1.29, 1.82) is 5.26 Å². The van der Waals surface area contributed by atoms with Gasteiger partial charge in [0.1, 0.15) is 11.6 Å². The average Bonchev–Trinajstić information content (AvgIpc) is 3.25. The molecule has 0 bridgehead atoms. The van der Waals surface area contributed by atoms with Crippen LogP contribution < -0.4 is 10.6 Å².